The van der Waals surface area contributed by atoms with Crippen molar-refractivity contribution in [2.75, 3.05) is 19.9 Å². The summed E-state index contributed by atoms with van der Waals surface area (Å²) in [5.41, 5.74) is 1.38. The number of rotatable bonds is 2. The second kappa shape index (κ2) is 4.57. The second-order valence-electron chi connectivity index (χ2n) is 4.99. The average molecular weight is 233 g/mol. The molecule has 1 N–H and O–H groups in total. The maximum atomic E-state index is 5.44. The monoisotopic (exact) mass is 233 g/mol. The Kier molecular flexibility index (Phi) is 2.93. The Morgan fingerprint density at radius 3 is 2.76 bits per heavy atom. The van der Waals surface area contributed by atoms with Crippen LogP contribution in [0, 0.1) is 5.92 Å². The van der Waals surface area contributed by atoms with Crippen molar-refractivity contribution < 1.29 is 9.47 Å². The molecule has 0 radical (unpaired) electrons. The molecule has 0 saturated carbocycles. The molecule has 3 rings (SSSR count). The zero-order valence-electron chi connectivity index (χ0n) is 10.2. The fraction of sp³-hybridized carbons (Fsp3) is 0.571. The zero-order valence-corrected chi connectivity index (χ0v) is 10.2. The quantitative estimate of drug-likeness (QED) is 0.851. The summed E-state index contributed by atoms with van der Waals surface area (Å²) in [6.45, 7) is 4.99. The minimum atomic E-state index is 0.362. The van der Waals surface area contributed by atoms with Gasteiger partial charge in [0, 0.05) is 0 Å². The van der Waals surface area contributed by atoms with Crippen LogP contribution in [0.4, 0.5) is 0 Å². The van der Waals surface area contributed by atoms with Gasteiger partial charge in [-0.15, -0.1) is 0 Å². The first-order valence-electron chi connectivity index (χ1n) is 6.45. The van der Waals surface area contributed by atoms with Gasteiger partial charge in [-0.1, -0.05) is 13.0 Å². The standard InChI is InChI=1S/C14H19NO2/c1-10(11-4-6-15-7-5-11)12-2-3-13-14(8-12)17-9-16-13/h2-3,8,10-11,15H,4-7,9H2,1H3. The van der Waals surface area contributed by atoms with E-state index in [-0.39, 0.29) is 0 Å². The Bertz CT molecular complexity index is 399. The van der Waals surface area contributed by atoms with Crippen molar-refractivity contribution in [1.29, 1.82) is 0 Å². The molecule has 0 aliphatic carbocycles. The molecule has 2 aliphatic heterocycles. The van der Waals surface area contributed by atoms with E-state index in [4.69, 9.17) is 9.47 Å². The predicted octanol–water partition coefficient (Wildman–Crippen LogP) is 2.52. The van der Waals surface area contributed by atoms with Crippen LogP contribution < -0.4 is 14.8 Å². The molecule has 1 saturated heterocycles. The van der Waals surface area contributed by atoms with E-state index in [2.05, 4.69) is 24.4 Å². The van der Waals surface area contributed by atoms with Gasteiger partial charge in [0.1, 0.15) is 0 Å². The van der Waals surface area contributed by atoms with E-state index in [0.29, 0.717) is 12.7 Å². The van der Waals surface area contributed by atoms with Gasteiger partial charge in [0.25, 0.3) is 0 Å². The van der Waals surface area contributed by atoms with E-state index in [9.17, 15) is 0 Å². The van der Waals surface area contributed by atoms with E-state index >= 15 is 0 Å². The van der Waals surface area contributed by atoms with Gasteiger partial charge in [-0.3, -0.25) is 0 Å². The van der Waals surface area contributed by atoms with Crippen molar-refractivity contribution >= 4 is 0 Å². The lowest BCUT2D eigenvalue weighted by Crippen LogP contribution is -2.30. The first kappa shape index (κ1) is 10.9. The highest BCUT2D eigenvalue weighted by Crippen LogP contribution is 2.37. The maximum Gasteiger partial charge on any atom is 0.231 e. The van der Waals surface area contributed by atoms with Crippen molar-refractivity contribution in [2.45, 2.75) is 25.7 Å². The molecule has 0 amide bonds. The van der Waals surface area contributed by atoms with Crippen molar-refractivity contribution in [3.05, 3.63) is 23.8 Å². The lowest BCUT2D eigenvalue weighted by Gasteiger charge is -2.28. The molecular weight excluding hydrogens is 214 g/mol. The summed E-state index contributed by atoms with van der Waals surface area (Å²) in [6, 6.07) is 6.37. The van der Waals surface area contributed by atoms with Gasteiger partial charge in [0.05, 0.1) is 0 Å². The summed E-state index contributed by atoms with van der Waals surface area (Å²) in [5.74, 6) is 3.18. The Hall–Kier alpha value is -1.22. The molecule has 2 aliphatic rings. The normalized spacial score (nSPS) is 21.5. The molecule has 1 unspecified atom stereocenters. The summed E-state index contributed by atoms with van der Waals surface area (Å²) in [7, 11) is 0. The molecule has 17 heavy (non-hydrogen) atoms. The highest BCUT2D eigenvalue weighted by atomic mass is 16.7. The number of fused-ring (bicyclic) bond motifs is 1. The van der Waals surface area contributed by atoms with Crippen LogP contribution in [0.3, 0.4) is 0 Å². The van der Waals surface area contributed by atoms with Gasteiger partial charge in [-0.25, -0.2) is 0 Å². The number of hydrogen-bond donors (Lipinski definition) is 1. The third-order valence-electron chi connectivity index (χ3n) is 4.01. The van der Waals surface area contributed by atoms with E-state index in [1.54, 1.807) is 0 Å². The topological polar surface area (TPSA) is 30.5 Å². The second-order valence-corrected chi connectivity index (χ2v) is 4.99. The van der Waals surface area contributed by atoms with Crippen LogP contribution in [-0.2, 0) is 0 Å². The van der Waals surface area contributed by atoms with E-state index in [1.165, 1.54) is 18.4 Å². The van der Waals surface area contributed by atoms with Gasteiger partial charge in [0.15, 0.2) is 11.5 Å². The first-order chi connectivity index (χ1) is 8.34. The molecule has 1 atom stereocenters. The van der Waals surface area contributed by atoms with Crippen LogP contribution in [0.25, 0.3) is 0 Å². The summed E-state index contributed by atoms with van der Waals surface area (Å²) >= 11 is 0. The molecule has 2 heterocycles. The van der Waals surface area contributed by atoms with Crippen LogP contribution in [0.15, 0.2) is 18.2 Å². The summed E-state index contributed by atoms with van der Waals surface area (Å²) in [4.78, 5) is 0. The fourth-order valence-electron chi connectivity index (χ4n) is 2.81. The average Bonchev–Trinajstić information content (AvgIpc) is 2.86. The van der Waals surface area contributed by atoms with Crippen molar-refractivity contribution in [2.24, 2.45) is 5.92 Å². The third kappa shape index (κ3) is 2.12. The Morgan fingerprint density at radius 1 is 1.18 bits per heavy atom. The first-order valence-corrected chi connectivity index (χ1v) is 6.45. The lowest BCUT2D eigenvalue weighted by atomic mass is 9.82. The van der Waals surface area contributed by atoms with Gasteiger partial charge in [-0.2, -0.15) is 0 Å². The SMILES string of the molecule is CC(c1ccc2c(c1)OCO2)C1CCNCC1. The van der Waals surface area contributed by atoms with Crippen LogP contribution in [0.2, 0.25) is 0 Å². The van der Waals surface area contributed by atoms with E-state index < -0.39 is 0 Å². The number of piperidine rings is 1. The largest absolute Gasteiger partial charge is 0.454 e. The highest BCUT2D eigenvalue weighted by molar-refractivity contribution is 5.45. The number of nitrogens with one attached hydrogen (secondary N) is 1. The Balaban J connectivity index is 1.78. The smallest absolute Gasteiger partial charge is 0.231 e. The Morgan fingerprint density at radius 2 is 1.94 bits per heavy atom. The van der Waals surface area contributed by atoms with Crippen LogP contribution in [-0.4, -0.2) is 19.9 Å². The molecule has 1 fully saturated rings. The fourth-order valence-corrected chi connectivity index (χ4v) is 2.81. The summed E-state index contributed by atoms with van der Waals surface area (Å²) < 4.78 is 10.8. The van der Waals surface area contributed by atoms with Crippen LogP contribution in [0.5, 0.6) is 11.5 Å². The molecule has 0 spiro atoms. The molecule has 92 valence electrons. The van der Waals surface area contributed by atoms with Gasteiger partial charge in [0.2, 0.25) is 6.79 Å². The minimum absolute atomic E-state index is 0.362. The summed E-state index contributed by atoms with van der Waals surface area (Å²) in [6.07, 6.45) is 2.55. The molecule has 1 aromatic rings. The molecule has 0 bridgehead atoms. The number of benzene rings is 1. The van der Waals surface area contributed by atoms with E-state index in [1.807, 2.05) is 6.07 Å². The Labute approximate surface area is 102 Å². The van der Waals surface area contributed by atoms with Crippen LogP contribution >= 0.6 is 0 Å². The molecule has 3 nitrogen and oxygen atoms in total. The maximum absolute atomic E-state index is 5.44. The number of ether oxygens (including phenoxy) is 2. The van der Waals surface area contributed by atoms with Crippen molar-refractivity contribution in [3.63, 3.8) is 0 Å². The molecular formula is C14H19NO2. The lowest BCUT2D eigenvalue weighted by molar-refractivity contribution is 0.174. The predicted molar refractivity (Wildman–Crippen MR) is 66.6 cm³/mol. The van der Waals surface area contributed by atoms with Crippen molar-refractivity contribution in [1.82, 2.24) is 5.32 Å². The van der Waals surface area contributed by atoms with Crippen molar-refractivity contribution in [3.8, 4) is 11.5 Å². The molecule has 1 aromatic carbocycles. The minimum Gasteiger partial charge on any atom is -0.454 e. The van der Waals surface area contributed by atoms with Gasteiger partial charge in [-0.05, 0) is 55.5 Å². The van der Waals surface area contributed by atoms with E-state index in [0.717, 1.165) is 30.5 Å². The van der Waals surface area contributed by atoms with Gasteiger partial charge < -0.3 is 14.8 Å². The third-order valence-corrected chi connectivity index (χ3v) is 4.01. The molecule has 3 heteroatoms. The van der Waals surface area contributed by atoms with Gasteiger partial charge >= 0.3 is 0 Å². The highest BCUT2D eigenvalue weighted by Gasteiger charge is 2.23. The summed E-state index contributed by atoms with van der Waals surface area (Å²) in [5, 5.41) is 3.42. The van der Waals surface area contributed by atoms with Crippen LogP contribution in [0.1, 0.15) is 31.2 Å². The number of hydrogen-bond acceptors (Lipinski definition) is 3. The zero-order chi connectivity index (χ0) is 11.7. The molecule has 0 aromatic heterocycles.